The van der Waals surface area contributed by atoms with Crippen LogP contribution in [-0.4, -0.2) is 37.6 Å². The molecular weight excluding hydrogens is 373 g/mol. The maximum atomic E-state index is 14.1. The van der Waals surface area contributed by atoms with Crippen molar-refractivity contribution >= 4 is 5.91 Å². The Hall–Kier alpha value is -3.17. The SMILES string of the molecule is O=C(NCC1CCCC1)c1cc(-n2nnnc2-c2ccc(F)c(F)c2F)c[nH]1. The number of amides is 1. The normalized spacial score (nSPS) is 14.5. The van der Waals surface area contributed by atoms with Crippen molar-refractivity contribution in [3.05, 3.63) is 47.5 Å². The second kappa shape index (κ2) is 7.45. The lowest BCUT2D eigenvalue weighted by molar-refractivity contribution is 0.0943. The lowest BCUT2D eigenvalue weighted by Gasteiger charge is -2.09. The summed E-state index contributed by atoms with van der Waals surface area (Å²) < 4.78 is 42.0. The Balaban J connectivity index is 1.56. The fourth-order valence-corrected chi connectivity index (χ4v) is 3.41. The summed E-state index contributed by atoms with van der Waals surface area (Å²) in [5, 5.41) is 13.8. The van der Waals surface area contributed by atoms with E-state index in [4.69, 9.17) is 0 Å². The van der Waals surface area contributed by atoms with Crippen LogP contribution in [0.2, 0.25) is 0 Å². The maximum Gasteiger partial charge on any atom is 0.267 e. The summed E-state index contributed by atoms with van der Waals surface area (Å²) in [5.41, 5.74) is 0.354. The van der Waals surface area contributed by atoms with Crippen molar-refractivity contribution in [1.82, 2.24) is 30.5 Å². The Morgan fingerprint density at radius 3 is 2.79 bits per heavy atom. The van der Waals surface area contributed by atoms with Gasteiger partial charge in [-0.05, 0) is 47.4 Å². The number of carbonyl (C=O) groups is 1. The average Bonchev–Trinajstić information content (AvgIpc) is 3.45. The van der Waals surface area contributed by atoms with Crippen LogP contribution in [0, 0.1) is 23.4 Å². The first-order chi connectivity index (χ1) is 13.5. The van der Waals surface area contributed by atoms with Crippen LogP contribution in [0.15, 0.2) is 24.4 Å². The second-order valence-electron chi connectivity index (χ2n) is 6.77. The van der Waals surface area contributed by atoms with Crippen molar-refractivity contribution < 1.29 is 18.0 Å². The van der Waals surface area contributed by atoms with Gasteiger partial charge in [-0.25, -0.2) is 13.2 Å². The number of aromatic amines is 1. The Morgan fingerprint density at radius 2 is 2.00 bits per heavy atom. The Bertz CT molecular complexity index is 1010. The molecule has 1 aromatic carbocycles. The number of rotatable bonds is 5. The maximum absolute atomic E-state index is 14.1. The van der Waals surface area contributed by atoms with Gasteiger partial charge in [0, 0.05) is 12.7 Å². The summed E-state index contributed by atoms with van der Waals surface area (Å²) in [5.74, 6) is -4.18. The smallest absolute Gasteiger partial charge is 0.267 e. The van der Waals surface area contributed by atoms with Crippen molar-refractivity contribution in [2.75, 3.05) is 6.54 Å². The highest BCUT2D eigenvalue weighted by molar-refractivity contribution is 5.93. The molecule has 2 aromatic heterocycles. The lowest BCUT2D eigenvalue weighted by Crippen LogP contribution is -2.28. The summed E-state index contributed by atoms with van der Waals surface area (Å²) in [6.07, 6.45) is 6.09. The third-order valence-electron chi connectivity index (χ3n) is 4.93. The standard InChI is InChI=1S/C18H17F3N6O/c19-13-6-5-12(15(20)16(13)21)17-24-25-26-27(17)11-7-14(22-9-11)18(28)23-8-10-3-1-2-4-10/h5-7,9-10,22H,1-4,8H2,(H,23,28). The van der Waals surface area contributed by atoms with Crippen LogP contribution in [0.4, 0.5) is 13.2 Å². The zero-order valence-electron chi connectivity index (χ0n) is 14.8. The minimum Gasteiger partial charge on any atom is -0.355 e. The van der Waals surface area contributed by atoms with Crippen molar-refractivity contribution in [1.29, 1.82) is 0 Å². The fraction of sp³-hybridized carbons (Fsp3) is 0.333. The quantitative estimate of drug-likeness (QED) is 0.656. The van der Waals surface area contributed by atoms with Crippen molar-refractivity contribution in [3.63, 3.8) is 0 Å². The zero-order valence-corrected chi connectivity index (χ0v) is 14.8. The number of nitrogens with one attached hydrogen (secondary N) is 2. The number of tetrazole rings is 1. The fourth-order valence-electron chi connectivity index (χ4n) is 3.41. The van der Waals surface area contributed by atoms with Gasteiger partial charge < -0.3 is 10.3 Å². The summed E-state index contributed by atoms with van der Waals surface area (Å²) >= 11 is 0. The molecule has 2 heterocycles. The highest BCUT2D eigenvalue weighted by Gasteiger charge is 2.22. The summed E-state index contributed by atoms with van der Waals surface area (Å²) in [6, 6.07) is 3.35. The summed E-state index contributed by atoms with van der Waals surface area (Å²) in [6.45, 7) is 0.614. The van der Waals surface area contributed by atoms with E-state index in [2.05, 4.69) is 25.8 Å². The lowest BCUT2D eigenvalue weighted by atomic mass is 10.1. The van der Waals surface area contributed by atoms with E-state index < -0.39 is 17.5 Å². The predicted octanol–water partition coefficient (Wildman–Crippen LogP) is 2.99. The summed E-state index contributed by atoms with van der Waals surface area (Å²) in [4.78, 5) is 15.1. The van der Waals surface area contributed by atoms with Gasteiger partial charge in [0.1, 0.15) is 5.69 Å². The molecule has 3 aromatic rings. The Kier molecular flexibility index (Phi) is 4.84. The van der Waals surface area contributed by atoms with Crippen LogP contribution in [0.25, 0.3) is 17.1 Å². The number of carbonyl (C=O) groups excluding carboxylic acids is 1. The van der Waals surface area contributed by atoms with Gasteiger partial charge in [-0.3, -0.25) is 4.79 Å². The van der Waals surface area contributed by atoms with Crippen LogP contribution in [-0.2, 0) is 0 Å². The third-order valence-corrected chi connectivity index (χ3v) is 4.93. The van der Waals surface area contributed by atoms with E-state index in [-0.39, 0.29) is 17.3 Å². The number of benzene rings is 1. The number of H-pyrrole nitrogens is 1. The first kappa shape index (κ1) is 18.2. The first-order valence-corrected chi connectivity index (χ1v) is 8.94. The molecular formula is C18H17F3N6O. The molecule has 1 saturated carbocycles. The largest absolute Gasteiger partial charge is 0.355 e. The highest BCUT2D eigenvalue weighted by atomic mass is 19.2. The van der Waals surface area contributed by atoms with E-state index in [0.717, 1.165) is 29.7 Å². The van der Waals surface area contributed by atoms with Gasteiger partial charge in [-0.1, -0.05) is 12.8 Å². The minimum absolute atomic E-state index is 0.117. The van der Waals surface area contributed by atoms with Crippen molar-refractivity contribution in [3.8, 4) is 17.1 Å². The number of halogens is 3. The van der Waals surface area contributed by atoms with Gasteiger partial charge >= 0.3 is 0 Å². The molecule has 1 aliphatic carbocycles. The minimum atomic E-state index is -1.60. The number of aromatic nitrogens is 5. The third kappa shape index (κ3) is 3.37. The first-order valence-electron chi connectivity index (χ1n) is 8.94. The van der Waals surface area contributed by atoms with E-state index in [1.165, 1.54) is 25.1 Å². The van der Waals surface area contributed by atoms with E-state index in [1.807, 2.05) is 0 Å². The molecule has 0 aliphatic heterocycles. The molecule has 10 heteroatoms. The van der Waals surface area contributed by atoms with Crippen molar-refractivity contribution in [2.24, 2.45) is 5.92 Å². The van der Waals surface area contributed by atoms with Gasteiger partial charge in [0.2, 0.25) is 0 Å². The molecule has 1 aliphatic rings. The van der Waals surface area contributed by atoms with Gasteiger partial charge in [0.05, 0.1) is 11.3 Å². The Morgan fingerprint density at radius 1 is 1.21 bits per heavy atom. The molecule has 0 spiro atoms. The molecule has 0 atom stereocenters. The number of nitrogens with zero attached hydrogens (tertiary/aromatic N) is 4. The molecule has 1 fully saturated rings. The average molecular weight is 390 g/mol. The molecule has 7 nitrogen and oxygen atoms in total. The zero-order chi connectivity index (χ0) is 19.7. The molecule has 0 saturated heterocycles. The Labute approximate surface area is 157 Å². The highest BCUT2D eigenvalue weighted by Crippen LogP contribution is 2.26. The molecule has 0 unspecified atom stereocenters. The topological polar surface area (TPSA) is 88.5 Å². The second-order valence-corrected chi connectivity index (χ2v) is 6.77. The molecule has 4 rings (SSSR count). The summed E-state index contributed by atoms with van der Waals surface area (Å²) in [7, 11) is 0. The van der Waals surface area contributed by atoms with Gasteiger partial charge in [-0.2, -0.15) is 4.68 Å². The molecule has 1 amide bonds. The van der Waals surface area contributed by atoms with Crippen LogP contribution < -0.4 is 5.32 Å². The molecule has 146 valence electrons. The monoisotopic (exact) mass is 390 g/mol. The van der Waals surface area contributed by atoms with Gasteiger partial charge in [0.15, 0.2) is 23.3 Å². The van der Waals surface area contributed by atoms with Crippen LogP contribution in [0.5, 0.6) is 0 Å². The van der Waals surface area contributed by atoms with Crippen LogP contribution in [0.1, 0.15) is 36.2 Å². The van der Waals surface area contributed by atoms with E-state index in [9.17, 15) is 18.0 Å². The molecule has 28 heavy (non-hydrogen) atoms. The number of hydrogen-bond donors (Lipinski definition) is 2. The predicted molar refractivity (Wildman–Crippen MR) is 93.1 cm³/mol. The van der Waals surface area contributed by atoms with Crippen LogP contribution >= 0.6 is 0 Å². The number of hydrogen-bond acceptors (Lipinski definition) is 4. The molecule has 0 radical (unpaired) electrons. The van der Waals surface area contributed by atoms with Crippen molar-refractivity contribution in [2.45, 2.75) is 25.7 Å². The van der Waals surface area contributed by atoms with E-state index in [0.29, 0.717) is 23.8 Å². The van der Waals surface area contributed by atoms with Crippen LogP contribution in [0.3, 0.4) is 0 Å². The van der Waals surface area contributed by atoms with E-state index in [1.54, 1.807) is 0 Å². The van der Waals surface area contributed by atoms with Gasteiger partial charge in [-0.15, -0.1) is 5.10 Å². The molecule has 2 N–H and O–H groups in total. The molecule has 0 bridgehead atoms. The van der Waals surface area contributed by atoms with Gasteiger partial charge in [0.25, 0.3) is 5.91 Å². The van der Waals surface area contributed by atoms with E-state index >= 15 is 0 Å².